The Morgan fingerprint density at radius 1 is 1.18 bits per heavy atom. The lowest BCUT2D eigenvalue weighted by molar-refractivity contribution is -0.384. The summed E-state index contributed by atoms with van der Waals surface area (Å²) in [4.78, 5) is 38.2. The molecule has 0 spiro atoms. The lowest BCUT2D eigenvalue weighted by atomic mass is 9.97. The Hall–Kier alpha value is -3.46. The fourth-order valence-electron chi connectivity index (χ4n) is 3.65. The van der Waals surface area contributed by atoms with E-state index in [1.807, 2.05) is 29.2 Å². The van der Waals surface area contributed by atoms with Crippen molar-refractivity contribution in [2.75, 3.05) is 36.5 Å². The van der Waals surface area contributed by atoms with Gasteiger partial charge in [-0.2, -0.15) is 0 Å². The zero-order valence-electron chi connectivity index (χ0n) is 19.1. The number of benzene rings is 2. The predicted molar refractivity (Wildman–Crippen MR) is 125 cm³/mol. The third kappa shape index (κ3) is 5.87. The number of carbonyl (C=O) groups excluding carboxylic acids is 2. The van der Waals surface area contributed by atoms with Crippen LogP contribution < -0.4 is 10.2 Å². The van der Waals surface area contributed by atoms with Crippen LogP contribution in [0, 0.1) is 10.1 Å². The van der Waals surface area contributed by atoms with Crippen LogP contribution in [0.15, 0.2) is 42.5 Å². The van der Waals surface area contributed by atoms with Crippen molar-refractivity contribution in [3.63, 3.8) is 0 Å². The van der Waals surface area contributed by atoms with E-state index in [9.17, 15) is 19.7 Å². The minimum absolute atomic E-state index is 0.0124. The maximum Gasteiger partial charge on any atom is 0.339 e. The number of hydrogen-bond acceptors (Lipinski definition) is 7. The van der Waals surface area contributed by atoms with Crippen LogP contribution in [0.3, 0.4) is 0 Å². The van der Waals surface area contributed by atoms with Gasteiger partial charge in [-0.1, -0.05) is 32.0 Å². The van der Waals surface area contributed by atoms with Crippen LogP contribution in [0.2, 0.25) is 0 Å². The summed E-state index contributed by atoms with van der Waals surface area (Å²) in [6, 6.07) is 11.7. The lowest BCUT2D eigenvalue weighted by Crippen LogP contribution is -2.36. The second-order valence-corrected chi connectivity index (χ2v) is 7.99. The van der Waals surface area contributed by atoms with E-state index in [1.165, 1.54) is 25.1 Å². The van der Waals surface area contributed by atoms with Gasteiger partial charge in [0.2, 0.25) is 0 Å². The Bertz CT molecular complexity index is 1020. The molecule has 2 atom stereocenters. The molecule has 9 heteroatoms. The Kier molecular flexibility index (Phi) is 8.00. The van der Waals surface area contributed by atoms with Crippen LogP contribution in [0.25, 0.3) is 0 Å². The first-order valence-electron chi connectivity index (χ1n) is 11.0. The van der Waals surface area contributed by atoms with Gasteiger partial charge in [0, 0.05) is 24.8 Å². The average molecular weight is 456 g/mol. The lowest BCUT2D eigenvalue weighted by Gasteiger charge is -2.28. The third-order valence-electron chi connectivity index (χ3n) is 5.77. The van der Waals surface area contributed by atoms with Crippen LogP contribution in [0.5, 0.6) is 0 Å². The third-order valence-corrected chi connectivity index (χ3v) is 5.77. The molecule has 0 aliphatic carbocycles. The van der Waals surface area contributed by atoms with E-state index in [0.717, 1.165) is 12.0 Å². The number of nitrogens with one attached hydrogen (secondary N) is 1. The number of amides is 1. The predicted octanol–water partition coefficient (Wildman–Crippen LogP) is 4.13. The molecule has 1 fully saturated rings. The summed E-state index contributed by atoms with van der Waals surface area (Å²) in [6.45, 7) is 7.62. The molecule has 2 aromatic carbocycles. The first-order valence-corrected chi connectivity index (χ1v) is 11.0. The van der Waals surface area contributed by atoms with Crippen molar-refractivity contribution in [3.8, 4) is 0 Å². The molecule has 1 heterocycles. The van der Waals surface area contributed by atoms with Crippen LogP contribution in [-0.2, 0) is 14.3 Å². The van der Waals surface area contributed by atoms with Crippen LogP contribution >= 0.6 is 0 Å². The van der Waals surface area contributed by atoms with Crippen molar-refractivity contribution >= 4 is 28.9 Å². The number of anilines is 2. The molecule has 1 aliphatic heterocycles. The summed E-state index contributed by atoms with van der Waals surface area (Å²) in [7, 11) is 0. The van der Waals surface area contributed by atoms with Crippen molar-refractivity contribution in [2.45, 2.75) is 39.2 Å². The summed E-state index contributed by atoms with van der Waals surface area (Å²) in [5.74, 6) is -1.02. The molecule has 1 amide bonds. The number of hydrogen-bond donors (Lipinski definition) is 1. The van der Waals surface area contributed by atoms with Gasteiger partial charge in [-0.05, 0) is 43.0 Å². The van der Waals surface area contributed by atoms with E-state index in [2.05, 4.69) is 19.2 Å². The van der Waals surface area contributed by atoms with Crippen LogP contribution in [0.1, 0.15) is 49.0 Å². The fraction of sp³-hybridized carbons (Fsp3) is 0.417. The van der Waals surface area contributed by atoms with Gasteiger partial charge in [0.15, 0.2) is 6.10 Å². The Labute approximate surface area is 192 Å². The number of esters is 1. The molecule has 176 valence electrons. The molecular weight excluding hydrogens is 426 g/mol. The molecule has 9 nitrogen and oxygen atoms in total. The van der Waals surface area contributed by atoms with Gasteiger partial charge in [-0.3, -0.25) is 14.9 Å². The maximum absolute atomic E-state index is 12.7. The molecule has 0 bridgehead atoms. The van der Waals surface area contributed by atoms with Gasteiger partial charge in [0.05, 0.1) is 23.7 Å². The molecule has 33 heavy (non-hydrogen) atoms. The Balaban J connectivity index is 1.71. The molecule has 1 aliphatic rings. The first-order chi connectivity index (χ1) is 15.8. The quantitative estimate of drug-likeness (QED) is 0.362. The average Bonchev–Trinajstić information content (AvgIpc) is 2.83. The topological polar surface area (TPSA) is 111 Å². The first kappa shape index (κ1) is 24.2. The van der Waals surface area contributed by atoms with E-state index in [0.29, 0.717) is 37.7 Å². The van der Waals surface area contributed by atoms with Gasteiger partial charge < -0.3 is 19.7 Å². The van der Waals surface area contributed by atoms with E-state index < -0.39 is 22.9 Å². The van der Waals surface area contributed by atoms with Crippen LogP contribution in [0.4, 0.5) is 17.1 Å². The van der Waals surface area contributed by atoms with Crippen molar-refractivity contribution in [1.29, 1.82) is 0 Å². The number of para-hydroxylation sites is 1. The number of carbonyl (C=O) groups is 2. The van der Waals surface area contributed by atoms with Gasteiger partial charge in [-0.15, -0.1) is 0 Å². The normalized spacial score (nSPS) is 15.4. The zero-order chi connectivity index (χ0) is 24.0. The molecule has 3 rings (SSSR count). The highest BCUT2D eigenvalue weighted by molar-refractivity contribution is 5.98. The zero-order valence-corrected chi connectivity index (χ0v) is 19.1. The molecule has 0 aromatic heterocycles. The number of nitro benzene ring substituents is 1. The summed E-state index contributed by atoms with van der Waals surface area (Å²) >= 11 is 0. The highest BCUT2D eigenvalue weighted by Crippen LogP contribution is 2.30. The van der Waals surface area contributed by atoms with E-state index >= 15 is 0 Å². The molecule has 0 saturated carbocycles. The second-order valence-electron chi connectivity index (χ2n) is 7.99. The summed E-state index contributed by atoms with van der Waals surface area (Å²) in [6.07, 6.45) is -0.170. The minimum Gasteiger partial charge on any atom is -0.449 e. The van der Waals surface area contributed by atoms with Crippen molar-refractivity contribution in [3.05, 3.63) is 63.7 Å². The van der Waals surface area contributed by atoms with E-state index in [-0.39, 0.29) is 17.2 Å². The van der Waals surface area contributed by atoms with E-state index in [1.54, 1.807) is 0 Å². The standard InChI is InChI=1S/C24H29N3O6/c1-4-16(2)19-7-5-6-8-20(19)25-23(28)17(3)33-24(29)18-9-10-21(22(15-18)27(30)31)26-11-13-32-14-12-26/h5-10,15-17H,4,11-14H2,1-3H3,(H,25,28)/t16-,17-/m1/s1. The number of morpholine rings is 1. The summed E-state index contributed by atoms with van der Waals surface area (Å²) in [5.41, 5.74) is 1.92. The van der Waals surface area contributed by atoms with Crippen molar-refractivity contribution < 1.29 is 24.0 Å². The fourth-order valence-corrected chi connectivity index (χ4v) is 3.65. The molecular formula is C24H29N3O6. The number of rotatable bonds is 8. The molecule has 1 saturated heterocycles. The smallest absolute Gasteiger partial charge is 0.339 e. The number of ether oxygens (including phenoxy) is 2. The highest BCUT2D eigenvalue weighted by Gasteiger charge is 2.26. The molecule has 2 aromatic rings. The molecule has 0 radical (unpaired) electrons. The summed E-state index contributed by atoms with van der Waals surface area (Å²) < 4.78 is 10.6. The Morgan fingerprint density at radius 3 is 2.55 bits per heavy atom. The van der Waals surface area contributed by atoms with Gasteiger partial charge >= 0.3 is 5.97 Å². The maximum atomic E-state index is 12.7. The highest BCUT2D eigenvalue weighted by atomic mass is 16.6. The molecule has 1 N–H and O–H groups in total. The monoisotopic (exact) mass is 455 g/mol. The van der Waals surface area contributed by atoms with E-state index in [4.69, 9.17) is 9.47 Å². The summed E-state index contributed by atoms with van der Waals surface area (Å²) in [5, 5.41) is 14.4. The SMILES string of the molecule is CC[C@@H](C)c1ccccc1NC(=O)[C@@H](C)OC(=O)c1ccc(N2CCOCC2)c([N+](=O)[O-])c1. The van der Waals surface area contributed by atoms with Gasteiger partial charge in [-0.25, -0.2) is 4.79 Å². The van der Waals surface area contributed by atoms with Crippen molar-refractivity contribution in [2.24, 2.45) is 0 Å². The molecule has 0 unspecified atom stereocenters. The minimum atomic E-state index is -1.08. The largest absolute Gasteiger partial charge is 0.449 e. The van der Waals surface area contributed by atoms with Gasteiger partial charge in [0.25, 0.3) is 11.6 Å². The van der Waals surface area contributed by atoms with Gasteiger partial charge in [0.1, 0.15) is 5.69 Å². The number of nitrogens with zero attached hydrogens (tertiary/aromatic N) is 2. The van der Waals surface area contributed by atoms with Crippen LogP contribution in [-0.4, -0.2) is 49.2 Å². The Morgan fingerprint density at radius 2 is 1.88 bits per heavy atom. The second kappa shape index (κ2) is 10.9. The number of nitro groups is 1. The van der Waals surface area contributed by atoms with Crippen molar-refractivity contribution in [1.82, 2.24) is 0 Å².